The number of hydrogen-bond donors (Lipinski definition) is 1. The minimum Gasteiger partial charge on any atom is -0.652 e. The molecule has 0 radical (unpaired) electrons. The van der Waals surface area contributed by atoms with E-state index in [2.05, 4.69) is 33.0 Å². The van der Waals surface area contributed by atoms with E-state index in [-0.39, 0.29) is 59.1 Å². The summed E-state index contributed by atoms with van der Waals surface area (Å²) in [6.45, 7) is 8.61. The van der Waals surface area contributed by atoms with Crippen molar-refractivity contribution in [2.75, 3.05) is 0 Å². The van der Waals surface area contributed by atoms with Gasteiger partial charge in [-0.2, -0.15) is 0 Å². The van der Waals surface area contributed by atoms with Crippen LogP contribution in [0.1, 0.15) is 27.7 Å². The molecule has 0 unspecified atom stereocenters. The van der Waals surface area contributed by atoms with Crippen molar-refractivity contribution in [1.29, 1.82) is 0 Å². The number of carboxylic acid groups (broad SMARTS) is 2. The van der Waals surface area contributed by atoms with E-state index in [4.69, 9.17) is 15.0 Å². The molecule has 13 heavy (non-hydrogen) atoms. The Morgan fingerprint density at radius 2 is 1.15 bits per heavy atom. The van der Waals surface area contributed by atoms with E-state index in [0.29, 0.717) is 12.1 Å². The zero-order valence-electron chi connectivity index (χ0n) is 9.38. The van der Waals surface area contributed by atoms with Crippen LogP contribution >= 0.6 is 0 Å². The quantitative estimate of drug-likeness (QED) is 0.457. The second kappa shape index (κ2) is 15.7. The molecule has 0 aliphatic carbocycles. The number of rotatable bonds is 2. The van der Waals surface area contributed by atoms with Gasteiger partial charge in [-0.15, -0.1) is 0 Å². The first-order valence-corrected chi connectivity index (χ1v) is 3.50. The van der Waals surface area contributed by atoms with Crippen LogP contribution in [0.25, 0.3) is 0 Å². The van der Waals surface area contributed by atoms with E-state index < -0.39 is 6.16 Å². The van der Waals surface area contributed by atoms with Crippen molar-refractivity contribution in [2.45, 2.75) is 39.8 Å². The average molecular weight is 207 g/mol. The van der Waals surface area contributed by atoms with Crippen LogP contribution in [-0.4, -0.2) is 18.2 Å². The Morgan fingerprint density at radius 1 is 1.00 bits per heavy atom. The second-order valence-corrected chi connectivity index (χ2v) is 2.73. The molecule has 4 nitrogen and oxygen atoms in total. The molecule has 0 saturated carbocycles. The smallest absolute Gasteiger partial charge is 0.652 e. The van der Waals surface area contributed by atoms with Gasteiger partial charge in [0.05, 0.1) is 0 Å². The van der Waals surface area contributed by atoms with Crippen LogP contribution < -0.4 is 74.6 Å². The molecule has 0 aromatic rings. The Labute approximate surface area is 124 Å². The zero-order chi connectivity index (χ0) is 9.44. The van der Waals surface area contributed by atoms with Crippen LogP contribution in [0.3, 0.4) is 0 Å². The minimum absolute atomic E-state index is 0. The molecule has 6 heteroatoms. The molecule has 0 bridgehead atoms. The first-order valence-electron chi connectivity index (χ1n) is 3.50. The molecule has 0 spiro atoms. The number of carbonyl (C=O) groups is 1. The summed E-state index contributed by atoms with van der Waals surface area (Å²) < 4.78 is 0. The topological polar surface area (TPSA) is 75.2 Å². The van der Waals surface area contributed by atoms with Crippen LogP contribution in [0.5, 0.6) is 0 Å². The van der Waals surface area contributed by atoms with E-state index in [0.717, 1.165) is 0 Å². The fourth-order valence-electron chi connectivity index (χ4n) is 0.667. The summed E-state index contributed by atoms with van der Waals surface area (Å²) in [4.78, 5) is 8.33. The summed E-state index contributed by atoms with van der Waals surface area (Å²) in [6.07, 6.45) is -2.33. The van der Waals surface area contributed by atoms with E-state index in [1.54, 1.807) is 0 Å². The number of hydrogen-bond acceptors (Lipinski definition) is 4. The fourth-order valence-corrected chi connectivity index (χ4v) is 0.667. The van der Waals surface area contributed by atoms with Gasteiger partial charge in [-0.05, 0) is 6.16 Å². The molecular weight excluding hydrogens is 192 g/mol. The van der Waals surface area contributed by atoms with Gasteiger partial charge in [-0.1, -0.05) is 27.7 Å². The number of carbonyl (C=O) groups excluding carboxylic acids is 1. The van der Waals surface area contributed by atoms with Crippen LogP contribution in [0.15, 0.2) is 0 Å². The van der Waals surface area contributed by atoms with E-state index in [1.807, 2.05) is 0 Å². The normalized spacial score (nSPS) is 7.85. The summed E-state index contributed by atoms with van der Waals surface area (Å²) in [5, 5.41) is 20.0. The predicted octanol–water partition coefficient (Wildman–Crippen LogP) is -7.05. The predicted molar refractivity (Wildman–Crippen MR) is 38.8 cm³/mol. The molecule has 0 saturated heterocycles. The SMILES string of the molecule is CC(C)NC(C)C.O=C([O-])[O-].[Na+].[Na+]. The van der Waals surface area contributed by atoms with Crippen molar-refractivity contribution >= 4 is 6.16 Å². The molecule has 0 aliphatic heterocycles. The fraction of sp³-hybridized carbons (Fsp3) is 0.857. The van der Waals surface area contributed by atoms with Gasteiger partial charge in [0.2, 0.25) is 0 Å². The van der Waals surface area contributed by atoms with Gasteiger partial charge in [0, 0.05) is 12.1 Å². The summed E-state index contributed by atoms with van der Waals surface area (Å²) in [5.41, 5.74) is 0. The summed E-state index contributed by atoms with van der Waals surface area (Å²) >= 11 is 0. The molecule has 0 amide bonds. The Morgan fingerprint density at radius 3 is 1.15 bits per heavy atom. The maximum absolute atomic E-state index is 8.33. The molecule has 0 fully saturated rings. The van der Waals surface area contributed by atoms with Crippen molar-refractivity contribution < 1.29 is 74.1 Å². The zero-order valence-corrected chi connectivity index (χ0v) is 13.4. The monoisotopic (exact) mass is 207 g/mol. The molecule has 0 aromatic carbocycles. The first kappa shape index (κ1) is 23.8. The maximum Gasteiger partial charge on any atom is 1.00 e. The Kier molecular flexibility index (Phi) is 28.7. The second-order valence-electron chi connectivity index (χ2n) is 2.73. The van der Waals surface area contributed by atoms with Gasteiger partial charge in [-0.25, -0.2) is 0 Å². The van der Waals surface area contributed by atoms with Crippen molar-refractivity contribution in [1.82, 2.24) is 5.32 Å². The molecule has 0 atom stereocenters. The Hall–Kier alpha value is 1.23. The molecule has 0 heterocycles. The largest absolute Gasteiger partial charge is 1.00 e. The van der Waals surface area contributed by atoms with Crippen LogP contribution in [0, 0.1) is 0 Å². The van der Waals surface area contributed by atoms with Crippen molar-refractivity contribution in [3.8, 4) is 0 Å². The third-order valence-electron chi connectivity index (χ3n) is 0.667. The average Bonchev–Trinajstić information content (AvgIpc) is 1.56. The minimum atomic E-state index is -2.33. The van der Waals surface area contributed by atoms with E-state index in [1.165, 1.54) is 0 Å². The molecule has 0 rings (SSSR count). The van der Waals surface area contributed by atoms with Gasteiger partial charge < -0.3 is 20.3 Å². The van der Waals surface area contributed by atoms with E-state index >= 15 is 0 Å². The summed E-state index contributed by atoms with van der Waals surface area (Å²) in [6, 6.07) is 1.25. The molecule has 68 valence electrons. The standard InChI is InChI=1S/C6H15N.CH2O3.2Na/c1-5(2)7-6(3)4;2-1(3)4;;/h5-7H,1-4H3;(H2,2,3,4);;/q;;2*+1/p-2. The van der Waals surface area contributed by atoms with Gasteiger partial charge in [0.1, 0.15) is 0 Å². The number of nitrogens with one attached hydrogen (secondary N) is 1. The third-order valence-corrected chi connectivity index (χ3v) is 0.667. The third kappa shape index (κ3) is 61.0. The van der Waals surface area contributed by atoms with Crippen LogP contribution in [0.4, 0.5) is 4.79 Å². The van der Waals surface area contributed by atoms with Crippen LogP contribution in [-0.2, 0) is 0 Å². The van der Waals surface area contributed by atoms with Crippen LogP contribution in [0.2, 0.25) is 0 Å². The maximum atomic E-state index is 8.33. The Bertz CT molecular complexity index is 99.9. The molecular formula is C7H15NNa2O3. The molecule has 1 N–H and O–H groups in total. The van der Waals surface area contributed by atoms with Gasteiger partial charge in [-0.3, -0.25) is 0 Å². The molecule has 0 aromatic heterocycles. The van der Waals surface area contributed by atoms with Crippen molar-refractivity contribution in [3.05, 3.63) is 0 Å². The Balaban J connectivity index is -0.0000000600. The van der Waals surface area contributed by atoms with Gasteiger partial charge in [0.25, 0.3) is 0 Å². The van der Waals surface area contributed by atoms with E-state index in [9.17, 15) is 0 Å². The summed E-state index contributed by atoms with van der Waals surface area (Å²) in [5.74, 6) is 0. The first-order chi connectivity index (χ1) is 4.86. The molecule has 0 aliphatic rings. The van der Waals surface area contributed by atoms with Crippen molar-refractivity contribution in [3.63, 3.8) is 0 Å². The van der Waals surface area contributed by atoms with Gasteiger partial charge in [0.15, 0.2) is 0 Å². The summed E-state index contributed by atoms with van der Waals surface area (Å²) in [7, 11) is 0. The van der Waals surface area contributed by atoms with Gasteiger partial charge >= 0.3 is 59.1 Å². The van der Waals surface area contributed by atoms with Crippen molar-refractivity contribution in [2.24, 2.45) is 0 Å².